The van der Waals surface area contributed by atoms with Gasteiger partial charge in [-0.2, -0.15) is 0 Å². The molecule has 1 aliphatic rings. The first-order valence-corrected chi connectivity index (χ1v) is 16.7. The van der Waals surface area contributed by atoms with Crippen molar-refractivity contribution in [1.82, 2.24) is 4.57 Å². The molecule has 0 spiro atoms. The molecule has 210 valence electrons. The first-order valence-electron chi connectivity index (χ1n) is 12.9. The molecule has 0 amide bonds. The van der Waals surface area contributed by atoms with E-state index in [-0.39, 0.29) is 34.6 Å². The van der Waals surface area contributed by atoms with E-state index in [2.05, 4.69) is 0 Å². The van der Waals surface area contributed by atoms with Gasteiger partial charge in [0.2, 0.25) is 19.7 Å². The molecule has 1 atom stereocenters. The average Bonchev–Trinajstić information content (AvgIpc) is 3.33. The van der Waals surface area contributed by atoms with E-state index in [0.717, 1.165) is 21.5 Å². The Labute approximate surface area is 246 Å². The number of fused-ring (bicyclic) bond motifs is 1. The summed E-state index contributed by atoms with van der Waals surface area (Å²) in [5.41, 5.74) is 7.16. The van der Waals surface area contributed by atoms with Gasteiger partial charge in [0.25, 0.3) is 5.56 Å². The maximum atomic E-state index is 14.5. The van der Waals surface area contributed by atoms with Crippen molar-refractivity contribution in [3.05, 3.63) is 157 Å². The summed E-state index contributed by atoms with van der Waals surface area (Å²) < 4.78 is 59.0. The second-order valence-corrected chi connectivity index (χ2v) is 14.4. The highest BCUT2D eigenvalue weighted by atomic mass is 32.2. The Morgan fingerprint density at radius 2 is 1.10 bits per heavy atom. The molecule has 1 aromatic heterocycles. The fourth-order valence-electron chi connectivity index (χ4n) is 5.03. The number of thiazole rings is 1. The lowest BCUT2D eigenvalue weighted by Crippen LogP contribution is -2.41. The first-order chi connectivity index (χ1) is 20.2. The van der Waals surface area contributed by atoms with Gasteiger partial charge in [0.1, 0.15) is 15.4 Å². The van der Waals surface area contributed by atoms with Crippen LogP contribution in [-0.4, -0.2) is 21.4 Å². The molecule has 2 N–H and O–H groups in total. The van der Waals surface area contributed by atoms with E-state index in [1.54, 1.807) is 72.8 Å². The van der Waals surface area contributed by atoms with Gasteiger partial charge in [-0.25, -0.2) is 16.8 Å². The maximum Gasteiger partial charge on any atom is 0.274 e. The zero-order valence-electron chi connectivity index (χ0n) is 22.0. The Morgan fingerprint density at radius 1 is 0.643 bits per heavy atom. The third kappa shape index (κ3) is 4.63. The number of nitrogens with two attached hydrogens (primary N) is 1. The molecule has 42 heavy (non-hydrogen) atoms. The predicted octanol–water partition coefficient (Wildman–Crippen LogP) is 3.68. The number of hydrogen-bond acceptors (Lipinski definition) is 7. The van der Waals surface area contributed by atoms with E-state index in [0.29, 0.717) is 5.56 Å². The summed E-state index contributed by atoms with van der Waals surface area (Å²) in [6.45, 7) is 0. The van der Waals surface area contributed by atoms with Crippen molar-refractivity contribution in [2.45, 2.75) is 15.7 Å². The number of aromatic nitrogens is 1. The highest BCUT2D eigenvalue weighted by Gasteiger charge is 2.44. The fourth-order valence-corrected chi connectivity index (χ4v) is 9.99. The van der Waals surface area contributed by atoms with E-state index in [4.69, 9.17) is 5.73 Å². The summed E-state index contributed by atoms with van der Waals surface area (Å²) in [4.78, 5) is 13.2. The molecule has 5 aromatic rings. The van der Waals surface area contributed by atoms with Gasteiger partial charge in [0.05, 0.1) is 25.1 Å². The van der Waals surface area contributed by atoms with E-state index >= 15 is 0 Å². The summed E-state index contributed by atoms with van der Waals surface area (Å²) in [6.07, 6.45) is 1.64. The summed E-state index contributed by atoms with van der Waals surface area (Å²) in [5.74, 6) is -1.65. The van der Waals surface area contributed by atoms with E-state index in [1.165, 1.54) is 24.3 Å². The summed E-state index contributed by atoms with van der Waals surface area (Å²) in [6, 6.07) is 33.0. The van der Waals surface area contributed by atoms with E-state index < -0.39 is 31.2 Å². The lowest BCUT2D eigenvalue weighted by Gasteiger charge is -2.28. The summed E-state index contributed by atoms with van der Waals surface area (Å²) in [5, 5.41) is 0. The second kappa shape index (κ2) is 10.7. The Bertz CT molecular complexity index is 2220. The van der Waals surface area contributed by atoms with Crippen molar-refractivity contribution < 1.29 is 16.8 Å². The van der Waals surface area contributed by atoms with Gasteiger partial charge < -0.3 is 5.73 Å². The number of benzene rings is 4. The molecule has 6 rings (SSSR count). The van der Waals surface area contributed by atoms with Crippen molar-refractivity contribution in [2.75, 3.05) is 0 Å². The highest BCUT2D eigenvalue weighted by molar-refractivity contribution is 8.00. The molecule has 0 saturated carbocycles. The van der Waals surface area contributed by atoms with Crippen LogP contribution in [0.25, 0.3) is 16.8 Å². The number of sulfone groups is 2. The van der Waals surface area contributed by atoms with Crippen molar-refractivity contribution in [2.24, 2.45) is 5.73 Å². The maximum absolute atomic E-state index is 14.5. The van der Waals surface area contributed by atoms with Crippen LogP contribution in [0.15, 0.2) is 141 Å². The van der Waals surface area contributed by atoms with Crippen LogP contribution in [0.3, 0.4) is 0 Å². The molecule has 0 fully saturated rings. The van der Waals surface area contributed by atoms with Crippen LogP contribution in [0.2, 0.25) is 0 Å². The molecule has 0 radical (unpaired) electrons. The standard InChI is InChI=1S/C32H24N2O5S3/c33-30-28(41(36,37)24-17-9-3-10-18-24)27(23-15-7-2-8-16-23)29(42(38,39)25-19-11-4-12-20-25)32-34(30)31(35)26(40-32)21-22-13-5-1-6-14-22/h1-21,27H,33H2/b26-21+/t27-/m1/s1. The largest absolute Gasteiger partial charge is 0.384 e. The minimum absolute atomic E-state index is 0.0288. The van der Waals surface area contributed by atoms with Crippen molar-refractivity contribution in [3.8, 4) is 0 Å². The fraction of sp³-hybridized carbons (Fsp3) is 0.0312. The number of allylic oxidation sites excluding steroid dienone is 1. The Morgan fingerprint density at radius 3 is 1.62 bits per heavy atom. The molecular formula is C32H24N2O5S3. The molecule has 2 heterocycles. The lowest BCUT2D eigenvalue weighted by atomic mass is 9.97. The molecular weight excluding hydrogens is 589 g/mol. The number of nitrogens with zero attached hydrogens (tertiary/aromatic N) is 1. The van der Waals surface area contributed by atoms with Gasteiger partial charge in [-0.1, -0.05) is 97.1 Å². The van der Waals surface area contributed by atoms with Gasteiger partial charge in [0, 0.05) is 0 Å². The Balaban J connectivity index is 1.81. The quantitative estimate of drug-likeness (QED) is 0.313. The normalized spacial score (nSPS) is 16.0. The van der Waals surface area contributed by atoms with Crippen LogP contribution in [0.1, 0.15) is 17.0 Å². The highest BCUT2D eigenvalue weighted by Crippen LogP contribution is 2.45. The van der Waals surface area contributed by atoms with Gasteiger partial charge in [0.15, 0.2) is 0 Å². The van der Waals surface area contributed by atoms with E-state index in [9.17, 15) is 21.6 Å². The minimum atomic E-state index is -4.39. The molecule has 10 heteroatoms. The minimum Gasteiger partial charge on any atom is -0.384 e. The van der Waals surface area contributed by atoms with Crippen LogP contribution >= 0.6 is 11.3 Å². The van der Waals surface area contributed by atoms with Crippen molar-refractivity contribution >= 4 is 47.8 Å². The van der Waals surface area contributed by atoms with Crippen molar-refractivity contribution in [1.29, 1.82) is 0 Å². The van der Waals surface area contributed by atoms with Crippen LogP contribution in [0.4, 0.5) is 0 Å². The third-order valence-corrected chi connectivity index (χ3v) is 12.0. The van der Waals surface area contributed by atoms with Gasteiger partial charge in [-0.15, -0.1) is 11.3 Å². The van der Waals surface area contributed by atoms with Crippen LogP contribution in [0, 0.1) is 0 Å². The molecule has 0 bridgehead atoms. The van der Waals surface area contributed by atoms with Gasteiger partial charge in [-0.3, -0.25) is 9.36 Å². The van der Waals surface area contributed by atoms with Crippen molar-refractivity contribution in [3.63, 3.8) is 0 Å². The SMILES string of the molecule is NC1=C(S(=O)(=O)c2ccccc2)[C@@H](c2ccccc2)C(S(=O)(=O)c2ccccc2)=c2s/c(=C/c3ccccc3)c(=O)n21. The monoisotopic (exact) mass is 612 g/mol. The third-order valence-electron chi connectivity index (χ3n) is 6.97. The number of rotatable bonds is 6. The van der Waals surface area contributed by atoms with Crippen LogP contribution < -0.4 is 20.5 Å². The molecule has 4 aromatic carbocycles. The summed E-state index contributed by atoms with van der Waals surface area (Å²) in [7, 11) is -8.74. The first kappa shape index (κ1) is 27.6. The Hall–Kier alpha value is -4.51. The van der Waals surface area contributed by atoms with Crippen LogP contribution in [0.5, 0.6) is 0 Å². The lowest BCUT2D eigenvalue weighted by molar-refractivity contribution is 0.598. The predicted molar refractivity (Wildman–Crippen MR) is 165 cm³/mol. The Kier molecular flexibility index (Phi) is 7.05. The molecule has 0 aliphatic carbocycles. The zero-order chi connectivity index (χ0) is 29.5. The molecule has 0 saturated heterocycles. The average molecular weight is 613 g/mol. The molecule has 1 aliphatic heterocycles. The van der Waals surface area contributed by atoms with Gasteiger partial charge in [-0.05, 0) is 41.5 Å². The zero-order valence-corrected chi connectivity index (χ0v) is 24.4. The van der Waals surface area contributed by atoms with Crippen LogP contribution in [-0.2, 0) is 19.7 Å². The topological polar surface area (TPSA) is 116 Å². The van der Waals surface area contributed by atoms with Gasteiger partial charge >= 0.3 is 0 Å². The number of hydrogen-bond donors (Lipinski definition) is 1. The smallest absolute Gasteiger partial charge is 0.274 e. The molecule has 0 unspecified atom stereocenters. The second-order valence-electron chi connectivity index (χ2n) is 9.56. The molecule has 7 nitrogen and oxygen atoms in total. The summed E-state index contributed by atoms with van der Waals surface area (Å²) >= 11 is 0.967. The van der Waals surface area contributed by atoms with E-state index in [1.807, 2.05) is 30.3 Å².